The van der Waals surface area contributed by atoms with E-state index in [4.69, 9.17) is 4.74 Å². The molecule has 0 saturated heterocycles. The number of rotatable bonds is 8. The van der Waals surface area contributed by atoms with Gasteiger partial charge in [0, 0.05) is 12.1 Å². The molecular formula is C18H26ClNO. The van der Waals surface area contributed by atoms with E-state index >= 15 is 0 Å². The molecule has 0 aliphatic rings. The van der Waals surface area contributed by atoms with Crippen LogP contribution in [0, 0.1) is 0 Å². The third kappa shape index (κ3) is 4.90. The molecule has 0 atom stereocenters. The number of unbranched alkanes of at least 4 members (excludes halogenated alkanes) is 2. The largest absolute Gasteiger partial charge is 0.494 e. The zero-order valence-electron chi connectivity index (χ0n) is 13.0. The standard InChI is InChI=1S/C18H25NO.ClH/c1-3-5-8-13-19-14-17-16-10-7-6-9-15(16)11-12-18(17)20-4-2;/h6-7,9-12,19H,3-5,8,13-14H2,1-2H3;1H. The number of hydrogen-bond donors (Lipinski definition) is 1. The molecule has 0 radical (unpaired) electrons. The molecule has 116 valence electrons. The summed E-state index contributed by atoms with van der Waals surface area (Å²) < 4.78 is 5.78. The van der Waals surface area contributed by atoms with Gasteiger partial charge >= 0.3 is 0 Å². The Bertz CT molecular complexity index is 542. The van der Waals surface area contributed by atoms with Crippen molar-refractivity contribution in [1.82, 2.24) is 5.32 Å². The smallest absolute Gasteiger partial charge is 0.124 e. The Morgan fingerprint density at radius 1 is 1.00 bits per heavy atom. The van der Waals surface area contributed by atoms with Gasteiger partial charge in [-0.25, -0.2) is 0 Å². The van der Waals surface area contributed by atoms with E-state index in [0.717, 1.165) is 18.8 Å². The van der Waals surface area contributed by atoms with Crippen LogP contribution in [0.2, 0.25) is 0 Å². The lowest BCUT2D eigenvalue weighted by Gasteiger charge is -2.14. The maximum atomic E-state index is 5.78. The van der Waals surface area contributed by atoms with E-state index in [9.17, 15) is 0 Å². The molecule has 0 fully saturated rings. The van der Waals surface area contributed by atoms with E-state index in [1.54, 1.807) is 0 Å². The van der Waals surface area contributed by atoms with Crippen molar-refractivity contribution in [3.8, 4) is 5.75 Å². The van der Waals surface area contributed by atoms with Gasteiger partial charge < -0.3 is 10.1 Å². The van der Waals surface area contributed by atoms with Crippen LogP contribution in [0.5, 0.6) is 5.75 Å². The summed E-state index contributed by atoms with van der Waals surface area (Å²) in [6.07, 6.45) is 3.80. The number of ether oxygens (including phenoxy) is 1. The van der Waals surface area contributed by atoms with Crippen LogP contribution in [0.1, 0.15) is 38.7 Å². The molecule has 0 aliphatic carbocycles. The highest BCUT2D eigenvalue weighted by atomic mass is 35.5. The second-order valence-electron chi connectivity index (χ2n) is 5.08. The first-order chi connectivity index (χ1) is 9.86. The third-order valence-electron chi connectivity index (χ3n) is 3.56. The Hall–Kier alpha value is -1.25. The molecule has 21 heavy (non-hydrogen) atoms. The van der Waals surface area contributed by atoms with Crippen LogP contribution in [0.25, 0.3) is 10.8 Å². The molecular weight excluding hydrogens is 282 g/mol. The molecule has 0 saturated carbocycles. The van der Waals surface area contributed by atoms with Crippen LogP contribution in [-0.2, 0) is 6.54 Å². The Morgan fingerprint density at radius 3 is 2.57 bits per heavy atom. The minimum atomic E-state index is 0. The fraction of sp³-hybridized carbons (Fsp3) is 0.444. The lowest BCUT2D eigenvalue weighted by molar-refractivity contribution is 0.336. The van der Waals surface area contributed by atoms with Crippen molar-refractivity contribution in [2.45, 2.75) is 39.7 Å². The van der Waals surface area contributed by atoms with E-state index in [1.165, 1.54) is 35.6 Å². The second-order valence-corrected chi connectivity index (χ2v) is 5.08. The summed E-state index contributed by atoms with van der Waals surface area (Å²) >= 11 is 0. The predicted octanol–water partition coefficient (Wildman–Crippen LogP) is 4.94. The van der Waals surface area contributed by atoms with Gasteiger partial charge in [0.15, 0.2) is 0 Å². The topological polar surface area (TPSA) is 21.3 Å². The molecule has 0 aliphatic heterocycles. The summed E-state index contributed by atoms with van der Waals surface area (Å²) in [7, 11) is 0. The lowest BCUT2D eigenvalue weighted by Crippen LogP contribution is -2.15. The van der Waals surface area contributed by atoms with Crippen LogP contribution in [0.15, 0.2) is 36.4 Å². The number of hydrogen-bond acceptors (Lipinski definition) is 2. The van der Waals surface area contributed by atoms with Gasteiger partial charge in [-0.2, -0.15) is 0 Å². The molecule has 0 heterocycles. The lowest BCUT2D eigenvalue weighted by atomic mass is 10.0. The van der Waals surface area contributed by atoms with E-state index in [1.807, 2.05) is 6.92 Å². The summed E-state index contributed by atoms with van der Waals surface area (Å²) in [6, 6.07) is 12.8. The van der Waals surface area contributed by atoms with Gasteiger partial charge in [0.2, 0.25) is 0 Å². The summed E-state index contributed by atoms with van der Waals surface area (Å²) in [4.78, 5) is 0. The Balaban J connectivity index is 0.00000220. The number of benzene rings is 2. The zero-order valence-corrected chi connectivity index (χ0v) is 13.8. The second kappa shape index (κ2) is 9.64. The number of fused-ring (bicyclic) bond motifs is 1. The highest BCUT2D eigenvalue weighted by Crippen LogP contribution is 2.28. The maximum absolute atomic E-state index is 5.78. The molecule has 2 nitrogen and oxygen atoms in total. The van der Waals surface area contributed by atoms with Gasteiger partial charge in [-0.3, -0.25) is 0 Å². The molecule has 0 amide bonds. The quantitative estimate of drug-likeness (QED) is 0.697. The predicted molar refractivity (Wildman–Crippen MR) is 93.6 cm³/mol. The summed E-state index contributed by atoms with van der Waals surface area (Å²) in [5.74, 6) is 1.01. The first-order valence-electron chi connectivity index (χ1n) is 7.71. The Kier molecular flexibility index (Phi) is 8.17. The van der Waals surface area contributed by atoms with Crippen LogP contribution in [0.4, 0.5) is 0 Å². The molecule has 2 rings (SSSR count). The molecule has 0 unspecified atom stereocenters. The normalized spacial score (nSPS) is 10.4. The van der Waals surface area contributed by atoms with Crippen molar-refractivity contribution < 1.29 is 4.74 Å². The van der Waals surface area contributed by atoms with Gasteiger partial charge in [0.1, 0.15) is 5.75 Å². The van der Waals surface area contributed by atoms with Crippen molar-refractivity contribution in [3.63, 3.8) is 0 Å². The Morgan fingerprint density at radius 2 is 1.81 bits per heavy atom. The molecule has 0 spiro atoms. The molecule has 0 aromatic heterocycles. The van der Waals surface area contributed by atoms with Crippen molar-refractivity contribution >= 4 is 23.2 Å². The van der Waals surface area contributed by atoms with Gasteiger partial charge in [-0.15, -0.1) is 12.4 Å². The number of nitrogens with one attached hydrogen (secondary N) is 1. The van der Waals surface area contributed by atoms with E-state index in [-0.39, 0.29) is 12.4 Å². The average molecular weight is 308 g/mol. The first-order valence-corrected chi connectivity index (χ1v) is 7.71. The van der Waals surface area contributed by atoms with Gasteiger partial charge in [0.25, 0.3) is 0 Å². The highest BCUT2D eigenvalue weighted by molar-refractivity contribution is 5.87. The van der Waals surface area contributed by atoms with Crippen molar-refractivity contribution in [3.05, 3.63) is 42.0 Å². The maximum Gasteiger partial charge on any atom is 0.124 e. The fourth-order valence-corrected chi connectivity index (χ4v) is 2.50. The van der Waals surface area contributed by atoms with Crippen LogP contribution in [-0.4, -0.2) is 13.2 Å². The highest BCUT2D eigenvalue weighted by Gasteiger charge is 2.08. The van der Waals surface area contributed by atoms with E-state index in [2.05, 4.69) is 48.6 Å². The molecule has 3 heteroatoms. The van der Waals surface area contributed by atoms with Gasteiger partial charge in [-0.1, -0.05) is 50.1 Å². The van der Waals surface area contributed by atoms with Gasteiger partial charge in [0.05, 0.1) is 6.61 Å². The minimum absolute atomic E-state index is 0. The summed E-state index contributed by atoms with van der Waals surface area (Å²) in [5, 5.41) is 6.12. The van der Waals surface area contributed by atoms with Crippen molar-refractivity contribution in [2.24, 2.45) is 0 Å². The van der Waals surface area contributed by atoms with Crippen LogP contribution in [0.3, 0.4) is 0 Å². The third-order valence-corrected chi connectivity index (χ3v) is 3.56. The van der Waals surface area contributed by atoms with Crippen LogP contribution >= 0.6 is 12.4 Å². The molecule has 2 aromatic carbocycles. The molecule has 0 bridgehead atoms. The monoisotopic (exact) mass is 307 g/mol. The zero-order chi connectivity index (χ0) is 14.2. The van der Waals surface area contributed by atoms with E-state index in [0.29, 0.717) is 6.61 Å². The van der Waals surface area contributed by atoms with Gasteiger partial charge in [-0.05, 0) is 36.7 Å². The summed E-state index contributed by atoms with van der Waals surface area (Å²) in [5.41, 5.74) is 1.28. The molecule has 1 N–H and O–H groups in total. The Labute approximate surface area is 134 Å². The first kappa shape index (κ1) is 17.8. The SMILES string of the molecule is CCCCCNCc1c(OCC)ccc2ccccc12.Cl. The minimum Gasteiger partial charge on any atom is -0.494 e. The summed E-state index contributed by atoms with van der Waals surface area (Å²) in [6.45, 7) is 6.93. The average Bonchev–Trinajstić information content (AvgIpc) is 2.49. The molecule has 2 aromatic rings. The number of halogens is 1. The van der Waals surface area contributed by atoms with Crippen molar-refractivity contribution in [2.75, 3.05) is 13.2 Å². The van der Waals surface area contributed by atoms with Crippen LogP contribution < -0.4 is 10.1 Å². The fourth-order valence-electron chi connectivity index (χ4n) is 2.50. The van der Waals surface area contributed by atoms with E-state index < -0.39 is 0 Å². The van der Waals surface area contributed by atoms with Crippen molar-refractivity contribution in [1.29, 1.82) is 0 Å².